The summed E-state index contributed by atoms with van der Waals surface area (Å²) in [5.41, 5.74) is -0.328. The summed E-state index contributed by atoms with van der Waals surface area (Å²) in [6, 6.07) is 3.09. The highest BCUT2D eigenvalue weighted by Gasteiger charge is 2.27. The van der Waals surface area contributed by atoms with Crippen molar-refractivity contribution in [2.24, 2.45) is 5.41 Å². The molecule has 17 heavy (non-hydrogen) atoms. The maximum Gasteiger partial charge on any atom is 0.310 e. The van der Waals surface area contributed by atoms with E-state index in [4.69, 9.17) is 39.9 Å². The minimum atomic E-state index is -0.893. The molecule has 2 N–H and O–H groups in total. The lowest BCUT2D eigenvalue weighted by molar-refractivity contribution is -0.146. The number of anilines is 1. The van der Waals surface area contributed by atoms with Crippen molar-refractivity contribution in [1.29, 1.82) is 0 Å². The molecule has 0 radical (unpaired) electrons. The van der Waals surface area contributed by atoms with Crippen LogP contribution in [0.4, 0.5) is 5.69 Å². The molecule has 94 valence electrons. The van der Waals surface area contributed by atoms with Crippen molar-refractivity contribution in [2.45, 2.75) is 13.8 Å². The van der Waals surface area contributed by atoms with Gasteiger partial charge >= 0.3 is 5.97 Å². The van der Waals surface area contributed by atoms with Gasteiger partial charge in [0.05, 0.1) is 26.2 Å². The lowest BCUT2D eigenvalue weighted by atomic mass is 9.94. The van der Waals surface area contributed by atoms with Gasteiger partial charge in [-0.05, 0) is 26.0 Å². The van der Waals surface area contributed by atoms with Crippen molar-refractivity contribution in [3.05, 3.63) is 27.2 Å². The largest absolute Gasteiger partial charge is 0.481 e. The van der Waals surface area contributed by atoms with Crippen LogP contribution in [0.2, 0.25) is 15.1 Å². The van der Waals surface area contributed by atoms with Crippen LogP contribution in [0, 0.1) is 5.41 Å². The summed E-state index contributed by atoms with van der Waals surface area (Å²) in [5.74, 6) is -0.888. The minimum absolute atomic E-state index is 0.236. The fraction of sp³-hybridized carbons (Fsp3) is 0.364. The first-order valence-electron chi connectivity index (χ1n) is 4.86. The highest BCUT2D eigenvalue weighted by Crippen LogP contribution is 2.32. The van der Waals surface area contributed by atoms with E-state index < -0.39 is 11.4 Å². The van der Waals surface area contributed by atoms with Crippen LogP contribution in [0.1, 0.15) is 13.8 Å². The molecular formula is C11H12Cl3NO2. The SMILES string of the molecule is CC(C)(CNc1cc(Cl)c(Cl)cc1Cl)C(=O)O. The molecule has 0 fully saturated rings. The highest BCUT2D eigenvalue weighted by molar-refractivity contribution is 6.44. The zero-order chi connectivity index (χ0) is 13.2. The molecule has 1 aromatic carbocycles. The molecule has 0 aliphatic heterocycles. The Morgan fingerprint density at radius 1 is 1.24 bits per heavy atom. The van der Waals surface area contributed by atoms with E-state index in [-0.39, 0.29) is 6.54 Å². The molecule has 0 saturated heterocycles. The first-order valence-corrected chi connectivity index (χ1v) is 5.99. The summed E-state index contributed by atoms with van der Waals surface area (Å²) >= 11 is 17.6. The van der Waals surface area contributed by atoms with Crippen molar-refractivity contribution in [1.82, 2.24) is 0 Å². The van der Waals surface area contributed by atoms with E-state index in [2.05, 4.69) is 5.32 Å². The predicted molar refractivity (Wildman–Crippen MR) is 71.4 cm³/mol. The quantitative estimate of drug-likeness (QED) is 0.820. The number of aliphatic carboxylic acids is 1. The van der Waals surface area contributed by atoms with Crippen LogP contribution >= 0.6 is 34.8 Å². The number of carboxylic acid groups (broad SMARTS) is 1. The van der Waals surface area contributed by atoms with Crippen LogP contribution in [0.5, 0.6) is 0 Å². The molecule has 0 atom stereocenters. The predicted octanol–water partition coefficient (Wildman–Crippen LogP) is 4.17. The Hall–Kier alpha value is -0.640. The third-order valence-corrected chi connectivity index (χ3v) is 3.34. The van der Waals surface area contributed by atoms with Crippen molar-refractivity contribution in [2.75, 3.05) is 11.9 Å². The fourth-order valence-electron chi connectivity index (χ4n) is 1.05. The second-order valence-corrected chi connectivity index (χ2v) is 5.51. The van der Waals surface area contributed by atoms with Gasteiger partial charge in [-0.3, -0.25) is 4.79 Å². The zero-order valence-electron chi connectivity index (χ0n) is 9.35. The lowest BCUT2D eigenvalue weighted by Gasteiger charge is -2.21. The van der Waals surface area contributed by atoms with Gasteiger partial charge in [-0.15, -0.1) is 0 Å². The third kappa shape index (κ3) is 3.66. The monoisotopic (exact) mass is 295 g/mol. The molecule has 1 rings (SSSR count). The highest BCUT2D eigenvalue weighted by atomic mass is 35.5. The van der Waals surface area contributed by atoms with E-state index in [9.17, 15) is 4.79 Å². The smallest absolute Gasteiger partial charge is 0.310 e. The molecule has 0 aliphatic carbocycles. The molecule has 3 nitrogen and oxygen atoms in total. The van der Waals surface area contributed by atoms with E-state index in [0.29, 0.717) is 20.8 Å². The number of nitrogens with one attached hydrogen (secondary N) is 1. The average molecular weight is 297 g/mol. The molecule has 0 heterocycles. The van der Waals surface area contributed by atoms with Crippen molar-refractivity contribution in [3.8, 4) is 0 Å². The zero-order valence-corrected chi connectivity index (χ0v) is 11.6. The Morgan fingerprint density at radius 3 is 2.29 bits per heavy atom. The molecule has 0 bridgehead atoms. The van der Waals surface area contributed by atoms with Crippen LogP contribution in [-0.4, -0.2) is 17.6 Å². The summed E-state index contributed by atoms with van der Waals surface area (Å²) in [5, 5.41) is 13.0. The van der Waals surface area contributed by atoms with Crippen molar-refractivity contribution < 1.29 is 9.90 Å². The van der Waals surface area contributed by atoms with Gasteiger partial charge in [0.2, 0.25) is 0 Å². The molecule has 1 aromatic rings. The first kappa shape index (κ1) is 14.4. The number of benzene rings is 1. The molecule has 0 unspecified atom stereocenters. The van der Waals surface area contributed by atoms with Gasteiger partial charge in [0.25, 0.3) is 0 Å². The maximum absolute atomic E-state index is 10.9. The summed E-state index contributed by atoms with van der Waals surface area (Å²) < 4.78 is 0. The van der Waals surface area contributed by atoms with E-state index in [1.165, 1.54) is 6.07 Å². The molecule has 6 heteroatoms. The van der Waals surface area contributed by atoms with Crippen LogP contribution < -0.4 is 5.32 Å². The van der Waals surface area contributed by atoms with E-state index in [1.807, 2.05) is 0 Å². The molecule has 0 amide bonds. The third-order valence-electron chi connectivity index (χ3n) is 2.31. The number of hydrogen-bond acceptors (Lipinski definition) is 2. The second kappa shape index (κ2) is 5.34. The van der Waals surface area contributed by atoms with Gasteiger partial charge in [-0.2, -0.15) is 0 Å². The van der Waals surface area contributed by atoms with Gasteiger partial charge in [0.15, 0.2) is 0 Å². The normalized spacial score (nSPS) is 11.4. The number of halogens is 3. The van der Waals surface area contributed by atoms with Crippen LogP contribution in [-0.2, 0) is 4.79 Å². The molecule has 0 aliphatic rings. The summed E-state index contributed by atoms with van der Waals surface area (Å²) in [7, 11) is 0. The lowest BCUT2D eigenvalue weighted by Crippen LogP contribution is -2.31. The number of carboxylic acids is 1. The van der Waals surface area contributed by atoms with E-state index in [0.717, 1.165) is 0 Å². The molecule has 0 spiro atoms. The standard InChI is InChI=1S/C11H12Cl3NO2/c1-11(2,10(16)17)5-15-9-4-7(13)6(12)3-8(9)14/h3-4,15H,5H2,1-2H3,(H,16,17). The van der Waals surface area contributed by atoms with Gasteiger partial charge in [-0.1, -0.05) is 34.8 Å². The number of hydrogen-bond donors (Lipinski definition) is 2. The van der Waals surface area contributed by atoms with Gasteiger partial charge in [0.1, 0.15) is 0 Å². The first-order chi connectivity index (χ1) is 7.74. The van der Waals surface area contributed by atoms with Gasteiger partial charge in [0, 0.05) is 6.54 Å². The summed E-state index contributed by atoms with van der Waals surface area (Å²) in [4.78, 5) is 10.9. The van der Waals surface area contributed by atoms with Crippen LogP contribution in [0.15, 0.2) is 12.1 Å². The van der Waals surface area contributed by atoms with E-state index >= 15 is 0 Å². The summed E-state index contributed by atoms with van der Waals surface area (Å²) in [6.45, 7) is 3.47. The van der Waals surface area contributed by atoms with Crippen LogP contribution in [0.3, 0.4) is 0 Å². The Labute approximate surface area is 115 Å². The molecule has 0 aromatic heterocycles. The molecular weight excluding hydrogens is 284 g/mol. The van der Waals surface area contributed by atoms with Gasteiger partial charge in [-0.25, -0.2) is 0 Å². The molecule has 0 saturated carbocycles. The fourth-order valence-corrected chi connectivity index (χ4v) is 1.66. The topological polar surface area (TPSA) is 49.3 Å². The Kier molecular flexibility index (Phi) is 4.53. The average Bonchev–Trinajstić information content (AvgIpc) is 2.21. The Balaban J connectivity index is 2.83. The van der Waals surface area contributed by atoms with E-state index in [1.54, 1.807) is 19.9 Å². The van der Waals surface area contributed by atoms with Crippen molar-refractivity contribution >= 4 is 46.5 Å². The number of rotatable bonds is 4. The Bertz CT molecular complexity index is 447. The number of carbonyl (C=O) groups is 1. The maximum atomic E-state index is 10.9. The van der Waals surface area contributed by atoms with Crippen LogP contribution in [0.25, 0.3) is 0 Å². The second-order valence-electron chi connectivity index (χ2n) is 4.29. The summed E-state index contributed by atoms with van der Waals surface area (Å²) in [6.07, 6.45) is 0. The minimum Gasteiger partial charge on any atom is -0.481 e. The van der Waals surface area contributed by atoms with Gasteiger partial charge < -0.3 is 10.4 Å². The Morgan fingerprint density at radius 2 is 1.76 bits per heavy atom. The van der Waals surface area contributed by atoms with Crippen molar-refractivity contribution in [3.63, 3.8) is 0 Å².